The highest BCUT2D eigenvalue weighted by Gasteiger charge is 2.12. The molecule has 3 rings (SSSR count). The second kappa shape index (κ2) is 10.6. The van der Waals surface area contributed by atoms with Gasteiger partial charge in [0.05, 0.1) is 0 Å². The minimum atomic E-state index is -0.546. The fourth-order valence-electron chi connectivity index (χ4n) is 2.61. The van der Waals surface area contributed by atoms with Crippen LogP contribution in [0, 0.1) is 0 Å². The van der Waals surface area contributed by atoms with E-state index >= 15 is 0 Å². The van der Waals surface area contributed by atoms with Gasteiger partial charge >= 0.3 is 11.9 Å². The molecule has 0 saturated heterocycles. The van der Waals surface area contributed by atoms with Crippen molar-refractivity contribution in [2.45, 2.75) is 19.4 Å². The van der Waals surface area contributed by atoms with E-state index in [0.29, 0.717) is 18.1 Å². The van der Waals surface area contributed by atoms with Gasteiger partial charge in [-0.15, -0.1) is 0 Å². The lowest BCUT2D eigenvalue weighted by Gasteiger charge is -2.08. The Bertz CT molecular complexity index is 910. The SMILES string of the molecule is O=C(NCCCc1ccccc1)NNC(=O)c1ccc(COc2ccccc2)o1. The lowest BCUT2D eigenvalue weighted by atomic mass is 10.1. The van der Waals surface area contributed by atoms with Crippen LogP contribution in [0.1, 0.15) is 28.3 Å². The number of hydrogen-bond donors (Lipinski definition) is 3. The molecule has 0 aliphatic carbocycles. The Hall–Kier alpha value is -3.74. The van der Waals surface area contributed by atoms with E-state index in [1.54, 1.807) is 6.07 Å². The summed E-state index contributed by atoms with van der Waals surface area (Å²) in [6, 6.07) is 22.0. The fraction of sp³-hybridized carbons (Fsp3) is 0.182. The highest BCUT2D eigenvalue weighted by atomic mass is 16.5. The van der Waals surface area contributed by atoms with Crippen LogP contribution >= 0.6 is 0 Å². The van der Waals surface area contributed by atoms with Crippen molar-refractivity contribution >= 4 is 11.9 Å². The summed E-state index contributed by atoms with van der Waals surface area (Å²) in [5.41, 5.74) is 5.83. The van der Waals surface area contributed by atoms with Gasteiger partial charge in [-0.1, -0.05) is 48.5 Å². The minimum absolute atomic E-state index is 0.0843. The number of carbonyl (C=O) groups excluding carboxylic acids is 2. The molecule has 0 unspecified atom stereocenters. The molecule has 0 bridgehead atoms. The Labute approximate surface area is 169 Å². The highest BCUT2D eigenvalue weighted by Crippen LogP contribution is 2.13. The predicted molar refractivity (Wildman–Crippen MR) is 108 cm³/mol. The van der Waals surface area contributed by atoms with Crippen LogP contribution in [0.3, 0.4) is 0 Å². The van der Waals surface area contributed by atoms with Crippen LogP contribution in [0.4, 0.5) is 4.79 Å². The van der Waals surface area contributed by atoms with Gasteiger partial charge in [0, 0.05) is 6.54 Å². The van der Waals surface area contributed by atoms with E-state index in [9.17, 15) is 9.59 Å². The third-order valence-electron chi connectivity index (χ3n) is 4.07. The van der Waals surface area contributed by atoms with Crippen LogP contribution in [-0.4, -0.2) is 18.5 Å². The van der Waals surface area contributed by atoms with E-state index in [4.69, 9.17) is 9.15 Å². The zero-order valence-electron chi connectivity index (χ0n) is 15.9. The number of amides is 3. The van der Waals surface area contributed by atoms with Gasteiger partial charge < -0.3 is 14.5 Å². The molecule has 3 aromatic rings. The number of hydrazine groups is 1. The summed E-state index contributed by atoms with van der Waals surface area (Å²) in [7, 11) is 0. The van der Waals surface area contributed by atoms with Crippen LogP contribution in [0.2, 0.25) is 0 Å². The van der Waals surface area contributed by atoms with Crippen molar-refractivity contribution in [3.63, 3.8) is 0 Å². The molecule has 2 aromatic carbocycles. The molecule has 0 saturated carbocycles. The van der Waals surface area contributed by atoms with E-state index in [2.05, 4.69) is 16.2 Å². The topological polar surface area (TPSA) is 92.6 Å². The summed E-state index contributed by atoms with van der Waals surface area (Å²) in [5.74, 6) is 0.751. The number of urea groups is 1. The van der Waals surface area contributed by atoms with E-state index in [0.717, 1.165) is 12.8 Å². The normalized spacial score (nSPS) is 10.2. The average Bonchev–Trinajstić information content (AvgIpc) is 3.24. The summed E-state index contributed by atoms with van der Waals surface area (Å²) in [4.78, 5) is 23.8. The predicted octanol–water partition coefficient (Wildman–Crippen LogP) is 3.44. The minimum Gasteiger partial charge on any atom is -0.486 e. The molecule has 0 fully saturated rings. The van der Waals surface area contributed by atoms with Gasteiger partial charge in [-0.25, -0.2) is 10.2 Å². The van der Waals surface area contributed by atoms with Crippen LogP contribution in [0.5, 0.6) is 5.75 Å². The van der Waals surface area contributed by atoms with Crippen molar-refractivity contribution in [3.8, 4) is 5.75 Å². The molecule has 1 aromatic heterocycles. The number of aryl methyl sites for hydroxylation is 1. The lowest BCUT2D eigenvalue weighted by Crippen LogP contribution is -2.47. The summed E-state index contributed by atoms with van der Waals surface area (Å²) < 4.78 is 11.0. The van der Waals surface area contributed by atoms with Crippen LogP contribution < -0.4 is 20.9 Å². The molecule has 0 aliphatic rings. The van der Waals surface area contributed by atoms with Crippen molar-refractivity contribution in [1.29, 1.82) is 0 Å². The third-order valence-corrected chi connectivity index (χ3v) is 4.07. The molecule has 0 atom stereocenters. The molecule has 0 aliphatic heterocycles. The van der Waals surface area contributed by atoms with Crippen molar-refractivity contribution in [3.05, 3.63) is 89.9 Å². The van der Waals surface area contributed by atoms with E-state index in [1.165, 1.54) is 11.6 Å². The quantitative estimate of drug-likeness (QED) is 0.404. The molecule has 150 valence electrons. The largest absolute Gasteiger partial charge is 0.486 e. The van der Waals surface area contributed by atoms with Gasteiger partial charge in [0.1, 0.15) is 18.1 Å². The number of furan rings is 1. The van der Waals surface area contributed by atoms with Gasteiger partial charge in [0.15, 0.2) is 5.76 Å². The number of rotatable bonds is 8. The maximum absolute atomic E-state index is 12.1. The van der Waals surface area contributed by atoms with E-state index < -0.39 is 11.9 Å². The Kier molecular flexibility index (Phi) is 7.28. The molecule has 7 heteroatoms. The molecule has 7 nitrogen and oxygen atoms in total. The number of para-hydroxylation sites is 1. The monoisotopic (exact) mass is 393 g/mol. The average molecular weight is 393 g/mol. The fourth-order valence-corrected chi connectivity index (χ4v) is 2.61. The van der Waals surface area contributed by atoms with Crippen LogP contribution in [0.15, 0.2) is 77.2 Å². The Balaban J connectivity index is 1.33. The molecule has 3 N–H and O–H groups in total. The number of nitrogens with one attached hydrogen (secondary N) is 3. The first-order valence-corrected chi connectivity index (χ1v) is 9.35. The van der Waals surface area contributed by atoms with Gasteiger partial charge in [-0.2, -0.15) is 0 Å². The first-order valence-electron chi connectivity index (χ1n) is 9.35. The summed E-state index contributed by atoms with van der Waals surface area (Å²) in [6.45, 7) is 0.699. The smallest absolute Gasteiger partial charge is 0.333 e. The lowest BCUT2D eigenvalue weighted by molar-refractivity contribution is 0.0904. The van der Waals surface area contributed by atoms with Crippen molar-refractivity contribution in [2.24, 2.45) is 0 Å². The molecule has 29 heavy (non-hydrogen) atoms. The molecule has 1 heterocycles. The number of benzene rings is 2. The Morgan fingerprint density at radius 3 is 2.34 bits per heavy atom. The molecular weight excluding hydrogens is 370 g/mol. The van der Waals surface area contributed by atoms with Crippen molar-refractivity contribution in [1.82, 2.24) is 16.2 Å². The van der Waals surface area contributed by atoms with E-state index in [1.807, 2.05) is 60.7 Å². The van der Waals surface area contributed by atoms with Gasteiger partial charge in [0.25, 0.3) is 0 Å². The zero-order chi connectivity index (χ0) is 20.3. The number of hydrogen-bond acceptors (Lipinski definition) is 4. The van der Waals surface area contributed by atoms with Gasteiger partial charge in [0.2, 0.25) is 0 Å². The number of carbonyl (C=O) groups is 2. The highest BCUT2D eigenvalue weighted by molar-refractivity contribution is 5.92. The Morgan fingerprint density at radius 1 is 0.862 bits per heavy atom. The van der Waals surface area contributed by atoms with E-state index in [-0.39, 0.29) is 12.4 Å². The zero-order valence-corrected chi connectivity index (χ0v) is 15.9. The summed E-state index contributed by atoms with van der Waals surface area (Å²) in [5, 5.41) is 2.69. The van der Waals surface area contributed by atoms with Gasteiger partial charge in [-0.3, -0.25) is 10.2 Å². The van der Waals surface area contributed by atoms with Crippen molar-refractivity contribution < 1.29 is 18.7 Å². The third kappa shape index (κ3) is 6.73. The molecule has 0 spiro atoms. The van der Waals surface area contributed by atoms with Crippen molar-refractivity contribution in [2.75, 3.05) is 6.54 Å². The molecule has 0 radical (unpaired) electrons. The summed E-state index contributed by atoms with van der Waals surface area (Å²) in [6.07, 6.45) is 1.67. The second-order valence-electron chi connectivity index (χ2n) is 6.29. The van der Waals surface area contributed by atoms with Gasteiger partial charge in [-0.05, 0) is 42.7 Å². The summed E-state index contributed by atoms with van der Waals surface area (Å²) >= 11 is 0. The van der Waals surface area contributed by atoms with Crippen LogP contribution in [0.25, 0.3) is 0 Å². The maximum Gasteiger partial charge on any atom is 0.333 e. The van der Waals surface area contributed by atoms with Crippen LogP contribution in [-0.2, 0) is 13.0 Å². The molecule has 3 amide bonds. The second-order valence-corrected chi connectivity index (χ2v) is 6.29. The number of ether oxygens (including phenoxy) is 1. The first-order chi connectivity index (χ1) is 14.2. The standard InChI is InChI=1S/C22H23N3O4/c26-21(20-14-13-19(29-20)16-28-18-11-5-2-6-12-18)24-25-22(27)23-15-7-10-17-8-3-1-4-9-17/h1-6,8-9,11-14H,7,10,15-16H2,(H,24,26)(H2,23,25,27). The Morgan fingerprint density at radius 2 is 1.59 bits per heavy atom. The maximum atomic E-state index is 12.1. The first kappa shape index (κ1) is 20.0. The molecular formula is C22H23N3O4.